The third-order valence-electron chi connectivity index (χ3n) is 10.4. The lowest BCUT2D eigenvalue weighted by atomic mass is 9.81. The first kappa shape index (κ1) is 24.1. The maximum atomic E-state index is 2.63. The Labute approximate surface area is 209 Å². The highest BCUT2D eigenvalue weighted by Gasteiger charge is 2.34. The maximum Gasteiger partial charge on any atom is -0.0131 e. The number of rotatable bonds is 6. The van der Waals surface area contributed by atoms with Crippen molar-refractivity contribution in [1.29, 1.82) is 0 Å². The van der Waals surface area contributed by atoms with Crippen molar-refractivity contribution in [1.82, 2.24) is 0 Å². The zero-order chi connectivity index (χ0) is 23.7. The van der Waals surface area contributed by atoms with Crippen molar-refractivity contribution >= 4 is 0 Å². The molecule has 3 aliphatic carbocycles. The molecule has 0 spiro atoms. The summed E-state index contributed by atoms with van der Waals surface area (Å²) in [5.41, 5.74) is 9.84. The number of fused-ring (bicyclic) bond motifs is 2. The van der Waals surface area contributed by atoms with Crippen molar-refractivity contribution < 1.29 is 0 Å². The first-order valence-corrected chi connectivity index (χ1v) is 14.9. The molecule has 6 unspecified atom stereocenters. The first-order chi connectivity index (χ1) is 16.6. The van der Waals surface area contributed by atoms with Gasteiger partial charge in [-0.25, -0.2) is 0 Å². The minimum Gasteiger partial charge on any atom is -0.0651 e. The summed E-state index contributed by atoms with van der Waals surface area (Å²) in [6.07, 6.45) is 16.0. The quantitative estimate of drug-likeness (QED) is 0.406. The van der Waals surface area contributed by atoms with E-state index in [-0.39, 0.29) is 0 Å². The molecule has 0 amide bonds. The van der Waals surface area contributed by atoms with Crippen LogP contribution in [-0.4, -0.2) is 0 Å². The molecule has 34 heavy (non-hydrogen) atoms. The minimum atomic E-state index is 0.797. The van der Waals surface area contributed by atoms with E-state index in [1.165, 1.54) is 77.0 Å². The first-order valence-electron chi connectivity index (χ1n) is 14.9. The van der Waals surface area contributed by atoms with Crippen LogP contribution < -0.4 is 0 Å². The van der Waals surface area contributed by atoms with Gasteiger partial charge in [-0.1, -0.05) is 89.8 Å². The predicted molar refractivity (Wildman–Crippen MR) is 147 cm³/mol. The summed E-state index contributed by atoms with van der Waals surface area (Å²) in [6.45, 7) is 9.59. The van der Waals surface area contributed by atoms with E-state index in [4.69, 9.17) is 0 Å². The van der Waals surface area contributed by atoms with Gasteiger partial charge in [0.2, 0.25) is 0 Å². The van der Waals surface area contributed by atoms with Crippen molar-refractivity contribution in [3.8, 4) is 0 Å². The van der Waals surface area contributed by atoms with Crippen LogP contribution in [0.2, 0.25) is 0 Å². The van der Waals surface area contributed by atoms with Gasteiger partial charge in [-0.3, -0.25) is 0 Å². The third-order valence-corrected chi connectivity index (χ3v) is 10.4. The number of hydrogen-bond donors (Lipinski definition) is 0. The normalized spacial score (nSPS) is 31.1. The van der Waals surface area contributed by atoms with Gasteiger partial charge in [0, 0.05) is 0 Å². The number of hydrogen-bond acceptors (Lipinski definition) is 0. The van der Waals surface area contributed by atoms with Crippen LogP contribution in [0.4, 0.5) is 0 Å². The van der Waals surface area contributed by atoms with E-state index in [9.17, 15) is 0 Å². The molecule has 2 aromatic rings. The Morgan fingerprint density at radius 2 is 0.912 bits per heavy atom. The highest BCUT2D eigenvalue weighted by Crippen LogP contribution is 2.47. The predicted octanol–water partition coefficient (Wildman–Crippen LogP) is 9.43. The highest BCUT2D eigenvalue weighted by atomic mass is 14.4. The topological polar surface area (TPSA) is 0 Å². The molecule has 0 nitrogen and oxygen atoms in total. The molecule has 3 aliphatic rings. The molecule has 6 atom stereocenters. The fourth-order valence-corrected chi connectivity index (χ4v) is 8.11. The maximum absolute atomic E-state index is 2.63. The highest BCUT2D eigenvalue weighted by molar-refractivity contribution is 5.41. The van der Waals surface area contributed by atoms with E-state index in [2.05, 4.69) is 64.1 Å². The van der Waals surface area contributed by atoms with Gasteiger partial charge < -0.3 is 0 Å². The fourth-order valence-electron chi connectivity index (χ4n) is 8.11. The molecule has 0 aromatic heterocycles. The lowest BCUT2D eigenvalue weighted by Gasteiger charge is -2.24. The van der Waals surface area contributed by atoms with Gasteiger partial charge in [0.25, 0.3) is 0 Å². The van der Waals surface area contributed by atoms with Crippen molar-refractivity contribution in [2.45, 2.75) is 117 Å². The van der Waals surface area contributed by atoms with Crippen molar-refractivity contribution in [3.05, 3.63) is 69.8 Å². The SMILES string of the molecule is CCC1CC(CC)C(c2ccc3c(c2)CCc2ccc(C4CC(CC)CC4CC)cc2CC3)C1. The molecule has 0 heterocycles. The Morgan fingerprint density at radius 1 is 0.500 bits per heavy atom. The van der Waals surface area contributed by atoms with Gasteiger partial charge in [-0.2, -0.15) is 0 Å². The van der Waals surface area contributed by atoms with Crippen LogP contribution in [0, 0.1) is 23.7 Å². The molecule has 184 valence electrons. The van der Waals surface area contributed by atoms with Crippen LogP contribution in [0.1, 0.15) is 124 Å². The molecule has 0 radical (unpaired) electrons. The zero-order valence-electron chi connectivity index (χ0n) is 22.4. The second-order valence-electron chi connectivity index (χ2n) is 12.1. The lowest BCUT2D eigenvalue weighted by Crippen LogP contribution is -2.11. The van der Waals surface area contributed by atoms with Gasteiger partial charge in [-0.15, -0.1) is 0 Å². The fraction of sp³-hybridized carbons (Fsp3) is 0.647. The molecule has 2 aromatic carbocycles. The standard InChI is InChI=1S/C34H48/c1-5-23-17-25(7-3)33(19-23)31-15-11-27-10-14-30-22-32(16-12-28(30)9-13-29(27)21-31)34-20-24(6-2)18-26(34)8-4/h11-12,15-16,21-26,33-34H,5-10,13-14,17-20H2,1-4H3. The summed E-state index contributed by atoms with van der Waals surface area (Å²) in [4.78, 5) is 0. The monoisotopic (exact) mass is 456 g/mol. The second-order valence-corrected chi connectivity index (χ2v) is 12.1. The van der Waals surface area contributed by atoms with Gasteiger partial charge >= 0.3 is 0 Å². The molecule has 0 bridgehead atoms. The number of aryl methyl sites for hydroxylation is 4. The Hall–Kier alpha value is -1.56. The summed E-state index contributed by atoms with van der Waals surface area (Å²) in [5.74, 6) is 5.27. The molecule has 2 fully saturated rings. The summed E-state index contributed by atoms with van der Waals surface area (Å²) < 4.78 is 0. The van der Waals surface area contributed by atoms with Gasteiger partial charge in [0.15, 0.2) is 0 Å². The Kier molecular flexibility index (Phi) is 7.52. The lowest BCUT2D eigenvalue weighted by molar-refractivity contribution is 0.453. The molecule has 0 saturated heterocycles. The molecule has 0 aliphatic heterocycles. The van der Waals surface area contributed by atoms with Crippen molar-refractivity contribution in [2.24, 2.45) is 23.7 Å². The van der Waals surface area contributed by atoms with Crippen molar-refractivity contribution in [3.63, 3.8) is 0 Å². The molecule has 0 heteroatoms. The summed E-state index contributed by atoms with van der Waals surface area (Å²) in [5, 5.41) is 0. The Morgan fingerprint density at radius 3 is 1.29 bits per heavy atom. The molecule has 5 rings (SSSR count). The van der Waals surface area contributed by atoms with E-state index in [1.54, 1.807) is 33.4 Å². The average molecular weight is 457 g/mol. The Balaban J connectivity index is 1.34. The van der Waals surface area contributed by atoms with Crippen molar-refractivity contribution in [2.75, 3.05) is 0 Å². The summed E-state index contributed by atoms with van der Waals surface area (Å²) >= 11 is 0. The van der Waals surface area contributed by atoms with E-state index in [0.29, 0.717) is 0 Å². The molecular weight excluding hydrogens is 408 g/mol. The van der Waals surface area contributed by atoms with E-state index in [1.807, 2.05) is 0 Å². The van der Waals surface area contributed by atoms with Crippen LogP contribution in [0.3, 0.4) is 0 Å². The van der Waals surface area contributed by atoms with Crippen LogP contribution in [-0.2, 0) is 25.7 Å². The molecular formula is C34H48. The second kappa shape index (κ2) is 10.6. The largest absolute Gasteiger partial charge is 0.0651 e. The van der Waals surface area contributed by atoms with Crippen LogP contribution >= 0.6 is 0 Å². The molecule has 0 N–H and O–H groups in total. The molecule has 2 saturated carbocycles. The minimum absolute atomic E-state index is 0.797. The van der Waals surface area contributed by atoms with Gasteiger partial charge in [0.05, 0.1) is 0 Å². The van der Waals surface area contributed by atoms with Gasteiger partial charge in [0.1, 0.15) is 0 Å². The number of benzene rings is 2. The zero-order valence-corrected chi connectivity index (χ0v) is 22.4. The average Bonchev–Trinajstić information content (AvgIpc) is 3.49. The summed E-state index contributed by atoms with van der Waals surface area (Å²) in [6, 6.07) is 15.3. The van der Waals surface area contributed by atoms with Crippen LogP contribution in [0.5, 0.6) is 0 Å². The van der Waals surface area contributed by atoms with E-state index < -0.39 is 0 Å². The summed E-state index contributed by atoms with van der Waals surface area (Å²) in [7, 11) is 0. The van der Waals surface area contributed by atoms with Crippen LogP contribution in [0.25, 0.3) is 0 Å². The van der Waals surface area contributed by atoms with Gasteiger partial charge in [-0.05, 0) is 120 Å². The smallest absolute Gasteiger partial charge is 0.0131 e. The van der Waals surface area contributed by atoms with Crippen LogP contribution in [0.15, 0.2) is 36.4 Å². The third kappa shape index (κ3) is 4.76. The van der Waals surface area contributed by atoms with E-state index >= 15 is 0 Å². The Bertz CT molecular complexity index is 888. The van der Waals surface area contributed by atoms with E-state index in [0.717, 1.165) is 35.5 Å².